The Balaban J connectivity index is 1.59. The largest absolute Gasteiger partial charge is 0.496 e. The first-order valence-corrected chi connectivity index (χ1v) is 12.0. The Labute approximate surface area is 216 Å². The summed E-state index contributed by atoms with van der Waals surface area (Å²) in [5.74, 6) is 0.303. The number of nitrogens with zero attached hydrogens (tertiary/aromatic N) is 2. The number of benzene rings is 3. The molecular weight excluding hydrogens is 466 g/mol. The third-order valence-corrected chi connectivity index (χ3v) is 5.95. The topological polar surface area (TPSA) is 89.9 Å². The van der Waals surface area contributed by atoms with Crippen LogP contribution in [0.25, 0.3) is 22.2 Å². The number of hydrogen-bond acceptors (Lipinski definition) is 6. The number of pyridine rings is 1. The Morgan fingerprint density at radius 3 is 2.49 bits per heavy atom. The zero-order chi connectivity index (χ0) is 26.4. The van der Waals surface area contributed by atoms with Crippen LogP contribution in [-0.4, -0.2) is 30.2 Å². The number of nitrogens with one attached hydrogen (secondary N) is 1. The molecule has 1 aromatic heterocycles. The third-order valence-electron chi connectivity index (χ3n) is 5.95. The van der Waals surface area contributed by atoms with Crippen LogP contribution in [0.2, 0.25) is 0 Å². The maximum atomic E-state index is 13.2. The molecular formula is C30H29N3O4. The summed E-state index contributed by atoms with van der Waals surface area (Å²) < 4.78 is 10.4. The predicted molar refractivity (Wildman–Crippen MR) is 145 cm³/mol. The van der Waals surface area contributed by atoms with Crippen LogP contribution in [0, 0.1) is 0 Å². The second-order valence-corrected chi connectivity index (χ2v) is 8.90. The molecule has 0 saturated carbocycles. The number of para-hydroxylation sites is 1. The Morgan fingerprint density at radius 1 is 1.03 bits per heavy atom. The first kappa shape index (κ1) is 25.6. The van der Waals surface area contributed by atoms with Crippen molar-refractivity contribution in [3.05, 3.63) is 95.1 Å². The van der Waals surface area contributed by atoms with Gasteiger partial charge in [0.25, 0.3) is 5.91 Å². The maximum absolute atomic E-state index is 13.2. The minimum atomic E-state index is -0.381. The van der Waals surface area contributed by atoms with E-state index in [2.05, 4.69) is 36.5 Å². The van der Waals surface area contributed by atoms with Crippen LogP contribution in [0.5, 0.6) is 5.75 Å². The summed E-state index contributed by atoms with van der Waals surface area (Å²) >= 11 is 0. The average Bonchev–Trinajstić information content (AvgIpc) is 2.91. The van der Waals surface area contributed by atoms with Gasteiger partial charge in [-0.25, -0.2) is 10.4 Å². The molecule has 0 fully saturated rings. The van der Waals surface area contributed by atoms with E-state index >= 15 is 0 Å². The number of hydrazone groups is 1. The lowest BCUT2D eigenvalue weighted by Crippen LogP contribution is -2.18. The fourth-order valence-corrected chi connectivity index (χ4v) is 3.95. The molecule has 0 atom stereocenters. The second kappa shape index (κ2) is 11.5. The van der Waals surface area contributed by atoms with Crippen molar-refractivity contribution in [2.24, 2.45) is 5.10 Å². The highest BCUT2D eigenvalue weighted by Crippen LogP contribution is 2.26. The summed E-state index contributed by atoms with van der Waals surface area (Å²) in [5, 5.41) is 4.90. The highest BCUT2D eigenvalue weighted by molar-refractivity contribution is 6.07. The first-order valence-electron chi connectivity index (χ1n) is 12.0. The van der Waals surface area contributed by atoms with Gasteiger partial charge in [0.15, 0.2) is 0 Å². The fourth-order valence-electron chi connectivity index (χ4n) is 3.95. The summed E-state index contributed by atoms with van der Waals surface area (Å²) in [6, 6.07) is 22.9. The monoisotopic (exact) mass is 495 g/mol. The van der Waals surface area contributed by atoms with Crippen molar-refractivity contribution < 1.29 is 19.1 Å². The Morgan fingerprint density at radius 2 is 1.78 bits per heavy atom. The molecule has 0 aliphatic heterocycles. The Kier molecular flexibility index (Phi) is 7.93. The van der Waals surface area contributed by atoms with Gasteiger partial charge >= 0.3 is 5.97 Å². The number of methoxy groups -OCH3 is 1. The average molecular weight is 496 g/mol. The van der Waals surface area contributed by atoms with Gasteiger partial charge in [-0.15, -0.1) is 0 Å². The Bertz CT molecular complexity index is 1460. The van der Waals surface area contributed by atoms with E-state index in [9.17, 15) is 9.59 Å². The van der Waals surface area contributed by atoms with Crippen molar-refractivity contribution in [3.63, 3.8) is 0 Å². The summed E-state index contributed by atoms with van der Waals surface area (Å²) in [6.07, 6.45) is 1.53. The summed E-state index contributed by atoms with van der Waals surface area (Å²) in [6.45, 7) is 5.73. The number of carbonyl (C=O) groups excluding carboxylic acids is 2. The number of carbonyl (C=O) groups is 2. The van der Waals surface area contributed by atoms with Crippen molar-refractivity contribution in [1.82, 2.24) is 10.4 Å². The lowest BCUT2D eigenvalue weighted by molar-refractivity contribution is -0.142. The van der Waals surface area contributed by atoms with Gasteiger partial charge in [-0.05, 0) is 47.4 Å². The van der Waals surface area contributed by atoms with Gasteiger partial charge in [0.1, 0.15) is 12.4 Å². The first-order chi connectivity index (χ1) is 17.9. The van der Waals surface area contributed by atoms with Crippen LogP contribution in [0.4, 0.5) is 0 Å². The van der Waals surface area contributed by atoms with Crippen LogP contribution in [0.3, 0.4) is 0 Å². The minimum absolute atomic E-state index is 0.0798. The zero-order valence-corrected chi connectivity index (χ0v) is 21.3. The summed E-state index contributed by atoms with van der Waals surface area (Å²) in [5.41, 5.74) is 8.14. The Hall–Kier alpha value is -4.52. The van der Waals surface area contributed by atoms with Gasteiger partial charge < -0.3 is 9.47 Å². The third kappa shape index (κ3) is 6.19. The maximum Gasteiger partial charge on any atom is 0.302 e. The molecule has 0 aliphatic rings. The molecule has 0 bridgehead atoms. The van der Waals surface area contributed by atoms with Crippen molar-refractivity contribution in [2.45, 2.75) is 33.3 Å². The van der Waals surface area contributed by atoms with E-state index in [0.29, 0.717) is 34.1 Å². The van der Waals surface area contributed by atoms with Gasteiger partial charge in [0.2, 0.25) is 0 Å². The molecule has 1 amide bonds. The summed E-state index contributed by atoms with van der Waals surface area (Å²) in [7, 11) is 1.55. The minimum Gasteiger partial charge on any atom is -0.496 e. The standard InChI is InChI=1S/C30H29N3O4/c1-19(2)22-10-12-23(13-11-22)28-16-26(25-7-5-6-8-27(25)32-28)30(35)33-31-17-21-9-14-29(36-4)24(15-21)18-37-20(3)34/h5-17,19H,18H2,1-4H3,(H,33,35). The van der Waals surface area contributed by atoms with Gasteiger partial charge in [-0.2, -0.15) is 5.10 Å². The zero-order valence-electron chi connectivity index (χ0n) is 21.3. The van der Waals surface area contributed by atoms with Gasteiger partial charge in [-0.3, -0.25) is 9.59 Å². The quantitative estimate of drug-likeness (QED) is 0.188. The lowest BCUT2D eigenvalue weighted by Gasteiger charge is -2.11. The number of rotatable bonds is 8. The molecule has 1 heterocycles. The molecule has 0 saturated heterocycles. The van der Waals surface area contributed by atoms with E-state index in [4.69, 9.17) is 14.5 Å². The number of amides is 1. The van der Waals surface area contributed by atoms with Crippen molar-refractivity contribution in [1.29, 1.82) is 0 Å². The normalized spacial score (nSPS) is 11.2. The molecule has 1 N–H and O–H groups in total. The molecule has 4 rings (SSSR count). The van der Waals surface area contributed by atoms with Crippen LogP contribution in [0.1, 0.15) is 53.7 Å². The van der Waals surface area contributed by atoms with Crippen LogP contribution >= 0.6 is 0 Å². The number of fused-ring (bicyclic) bond motifs is 1. The van der Waals surface area contributed by atoms with Gasteiger partial charge in [0.05, 0.1) is 30.1 Å². The molecule has 7 heteroatoms. The number of ether oxygens (including phenoxy) is 2. The molecule has 37 heavy (non-hydrogen) atoms. The van der Waals surface area contributed by atoms with Crippen LogP contribution < -0.4 is 10.2 Å². The molecule has 0 spiro atoms. The fraction of sp³-hybridized carbons (Fsp3) is 0.200. The lowest BCUT2D eigenvalue weighted by atomic mass is 9.99. The van der Waals surface area contributed by atoms with E-state index in [1.54, 1.807) is 31.4 Å². The highest BCUT2D eigenvalue weighted by atomic mass is 16.5. The van der Waals surface area contributed by atoms with Crippen LogP contribution in [0.15, 0.2) is 77.9 Å². The molecule has 0 aliphatic carbocycles. The van der Waals surface area contributed by atoms with E-state index in [0.717, 1.165) is 16.5 Å². The van der Waals surface area contributed by atoms with E-state index in [1.165, 1.54) is 18.7 Å². The molecule has 0 radical (unpaired) electrons. The summed E-state index contributed by atoms with van der Waals surface area (Å²) in [4.78, 5) is 29.2. The van der Waals surface area contributed by atoms with E-state index < -0.39 is 0 Å². The van der Waals surface area contributed by atoms with Crippen molar-refractivity contribution in [3.8, 4) is 17.0 Å². The SMILES string of the molecule is COc1ccc(C=NNC(=O)c2cc(-c3ccc(C(C)C)cc3)nc3ccccc23)cc1COC(C)=O. The molecule has 7 nitrogen and oxygen atoms in total. The van der Waals surface area contributed by atoms with Gasteiger partial charge in [0, 0.05) is 23.4 Å². The number of esters is 1. The molecule has 3 aromatic carbocycles. The van der Waals surface area contributed by atoms with Crippen molar-refractivity contribution >= 4 is 29.0 Å². The van der Waals surface area contributed by atoms with E-state index in [1.807, 2.05) is 36.4 Å². The number of aromatic nitrogens is 1. The molecule has 4 aromatic rings. The second-order valence-electron chi connectivity index (χ2n) is 8.90. The smallest absolute Gasteiger partial charge is 0.302 e. The van der Waals surface area contributed by atoms with Crippen LogP contribution in [-0.2, 0) is 16.1 Å². The van der Waals surface area contributed by atoms with Gasteiger partial charge in [-0.1, -0.05) is 56.3 Å². The van der Waals surface area contributed by atoms with Crippen molar-refractivity contribution in [2.75, 3.05) is 7.11 Å². The highest BCUT2D eigenvalue weighted by Gasteiger charge is 2.14. The molecule has 0 unspecified atom stereocenters. The molecule has 188 valence electrons. The predicted octanol–water partition coefficient (Wildman–Crippen LogP) is 5.86. The van der Waals surface area contributed by atoms with E-state index in [-0.39, 0.29) is 18.5 Å². The number of hydrogen-bond donors (Lipinski definition) is 1.